The summed E-state index contributed by atoms with van der Waals surface area (Å²) in [5.41, 5.74) is 0.977. The van der Waals surface area contributed by atoms with Gasteiger partial charge in [-0.1, -0.05) is 30.3 Å². The Kier molecular flexibility index (Phi) is 5.12. The smallest absolute Gasteiger partial charge is 0.244 e. The van der Waals surface area contributed by atoms with Crippen LogP contribution in [0.4, 0.5) is 0 Å². The molecule has 1 saturated heterocycles. The molecular formula is C15H21N3O2. The molecule has 0 bridgehead atoms. The van der Waals surface area contributed by atoms with Gasteiger partial charge in [0.2, 0.25) is 11.8 Å². The van der Waals surface area contributed by atoms with Crippen molar-refractivity contribution in [3.8, 4) is 0 Å². The SMILES string of the molecule is CCNC(=O)C1CNCCN1C(=O)Cc1ccccc1. The molecule has 20 heavy (non-hydrogen) atoms. The lowest BCUT2D eigenvalue weighted by Gasteiger charge is -2.35. The average Bonchev–Trinajstić information content (AvgIpc) is 2.48. The van der Waals surface area contributed by atoms with Gasteiger partial charge in [0.05, 0.1) is 6.42 Å². The number of nitrogens with zero attached hydrogens (tertiary/aromatic N) is 1. The minimum Gasteiger partial charge on any atom is -0.355 e. The van der Waals surface area contributed by atoms with Gasteiger partial charge in [0, 0.05) is 26.2 Å². The number of nitrogens with one attached hydrogen (secondary N) is 2. The van der Waals surface area contributed by atoms with E-state index in [2.05, 4.69) is 10.6 Å². The Labute approximate surface area is 119 Å². The van der Waals surface area contributed by atoms with Gasteiger partial charge >= 0.3 is 0 Å². The summed E-state index contributed by atoms with van der Waals surface area (Å²) >= 11 is 0. The third-order valence-corrected chi connectivity index (χ3v) is 3.42. The number of hydrogen-bond acceptors (Lipinski definition) is 3. The first-order valence-corrected chi connectivity index (χ1v) is 7.04. The summed E-state index contributed by atoms with van der Waals surface area (Å²) in [4.78, 5) is 26.1. The molecule has 1 atom stereocenters. The monoisotopic (exact) mass is 275 g/mol. The topological polar surface area (TPSA) is 61.4 Å². The van der Waals surface area contributed by atoms with E-state index in [1.54, 1.807) is 4.90 Å². The Morgan fingerprint density at radius 2 is 2.10 bits per heavy atom. The van der Waals surface area contributed by atoms with E-state index in [9.17, 15) is 9.59 Å². The van der Waals surface area contributed by atoms with E-state index >= 15 is 0 Å². The predicted octanol–water partition coefficient (Wildman–Crippen LogP) is 0.166. The quantitative estimate of drug-likeness (QED) is 0.823. The highest BCUT2D eigenvalue weighted by Gasteiger charge is 2.31. The number of benzene rings is 1. The van der Waals surface area contributed by atoms with Crippen LogP contribution < -0.4 is 10.6 Å². The van der Waals surface area contributed by atoms with Crippen molar-refractivity contribution < 1.29 is 9.59 Å². The maximum Gasteiger partial charge on any atom is 0.244 e. The van der Waals surface area contributed by atoms with E-state index in [1.807, 2.05) is 37.3 Å². The van der Waals surface area contributed by atoms with Crippen LogP contribution in [0.15, 0.2) is 30.3 Å². The number of carbonyl (C=O) groups is 2. The van der Waals surface area contributed by atoms with Crippen molar-refractivity contribution in [1.29, 1.82) is 0 Å². The highest BCUT2D eigenvalue weighted by Crippen LogP contribution is 2.09. The molecule has 1 aromatic rings. The zero-order valence-electron chi connectivity index (χ0n) is 11.8. The highest BCUT2D eigenvalue weighted by molar-refractivity contribution is 5.88. The van der Waals surface area contributed by atoms with Gasteiger partial charge in [-0.2, -0.15) is 0 Å². The molecule has 2 rings (SSSR count). The lowest BCUT2D eigenvalue weighted by molar-refractivity contribution is -0.141. The van der Waals surface area contributed by atoms with Crippen molar-refractivity contribution in [2.45, 2.75) is 19.4 Å². The van der Waals surface area contributed by atoms with Crippen LogP contribution in [0.25, 0.3) is 0 Å². The third-order valence-electron chi connectivity index (χ3n) is 3.42. The molecule has 1 unspecified atom stereocenters. The van der Waals surface area contributed by atoms with Crippen LogP contribution in [-0.2, 0) is 16.0 Å². The Hall–Kier alpha value is -1.88. The molecule has 0 radical (unpaired) electrons. The average molecular weight is 275 g/mol. The third kappa shape index (κ3) is 3.57. The van der Waals surface area contributed by atoms with Crippen molar-refractivity contribution in [3.05, 3.63) is 35.9 Å². The second-order valence-corrected chi connectivity index (χ2v) is 4.86. The summed E-state index contributed by atoms with van der Waals surface area (Å²) in [6.07, 6.45) is 0.344. The summed E-state index contributed by atoms with van der Waals surface area (Å²) in [5.74, 6) is -0.0740. The first-order valence-electron chi connectivity index (χ1n) is 7.04. The molecule has 1 aliphatic heterocycles. The molecule has 108 valence electrons. The van der Waals surface area contributed by atoms with Crippen molar-refractivity contribution in [1.82, 2.24) is 15.5 Å². The zero-order chi connectivity index (χ0) is 14.4. The van der Waals surface area contributed by atoms with E-state index in [1.165, 1.54) is 0 Å². The van der Waals surface area contributed by atoms with Crippen LogP contribution in [0.5, 0.6) is 0 Å². The second kappa shape index (κ2) is 7.05. The number of likely N-dealkylation sites (N-methyl/N-ethyl adjacent to an activating group) is 1. The summed E-state index contributed by atoms with van der Waals surface area (Å²) in [7, 11) is 0. The fourth-order valence-corrected chi connectivity index (χ4v) is 2.40. The second-order valence-electron chi connectivity index (χ2n) is 4.86. The number of rotatable bonds is 4. The van der Waals surface area contributed by atoms with E-state index < -0.39 is 6.04 Å². The van der Waals surface area contributed by atoms with Crippen LogP contribution in [0.1, 0.15) is 12.5 Å². The van der Waals surface area contributed by atoms with Crippen molar-refractivity contribution in [2.75, 3.05) is 26.2 Å². The number of hydrogen-bond donors (Lipinski definition) is 2. The van der Waals surface area contributed by atoms with Gasteiger partial charge in [-0.25, -0.2) is 0 Å². The van der Waals surface area contributed by atoms with Gasteiger partial charge in [-0.3, -0.25) is 9.59 Å². The van der Waals surface area contributed by atoms with Gasteiger partial charge in [0.15, 0.2) is 0 Å². The van der Waals surface area contributed by atoms with Crippen LogP contribution in [-0.4, -0.2) is 48.9 Å². The fraction of sp³-hybridized carbons (Fsp3) is 0.467. The summed E-state index contributed by atoms with van der Waals surface area (Å²) in [5, 5.41) is 5.96. The lowest BCUT2D eigenvalue weighted by Crippen LogP contribution is -2.59. The Morgan fingerprint density at radius 1 is 1.35 bits per heavy atom. The number of carbonyl (C=O) groups excluding carboxylic acids is 2. The molecule has 0 spiro atoms. The molecule has 0 aromatic heterocycles. The molecule has 1 fully saturated rings. The largest absolute Gasteiger partial charge is 0.355 e. The van der Waals surface area contributed by atoms with E-state index in [0.29, 0.717) is 26.1 Å². The van der Waals surface area contributed by atoms with Gasteiger partial charge in [0.1, 0.15) is 6.04 Å². The molecule has 1 aliphatic rings. The predicted molar refractivity (Wildman–Crippen MR) is 77.2 cm³/mol. The van der Waals surface area contributed by atoms with E-state index in [0.717, 1.165) is 12.1 Å². The summed E-state index contributed by atoms with van der Waals surface area (Å²) in [6.45, 7) is 4.29. The molecule has 5 nitrogen and oxygen atoms in total. The number of amides is 2. The number of piperazine rings is 1. The highest BCUT2D eigenvalue weighted by atomic mass is 16.2. The summed E-state index contributed by atoms with van der Waals surface area (Å²) < 4.78 is 0. The molecule has 0 saturated carbocycles. The normalized spacial score (nSPS) is 18.6. The Morgan fingerprint density at radius 3 is 2.80 bits per heavy atom. The molecular weight excluding hydrogens is 254 g/mol. The molecule has 2 amide bonds. The minimum absolute atomic E-state index is 0.00829. The maximum atomic E-state index is 12.4. The summed E-state index contributed by atoms with van der Waals surface area (Å²) in [6, 6.07) is 9.22. The van der Waals surface area contributed by atoms with Crippen molar-refractivity contribution in [2.24, 2.45) is 0 Å². The van der Waals surface area contributed by atoms with Gasteiger partial charge < -0.3 is 15.5 Å². The fourth-order valence-electron chi connectivity index (χ4n) is 2.40. The van der Waals surface area contributed by atoms with E-state index in [-0.39, 0.29) is 11.8 Å². The van der Waals surface area contributed by atoms with E-state index in [4.69, 9.17) is 0 Å². The minimum atomic E-state index is -0.403. The molecule has 2 N–H and O–H groups in total. The van der Waals surface area contributed by atoms with Gasteiger partial charge in [-0.05, 0) is 12.5 Å². The Bertz CT molecular complexity index is 461. The van der Waals surface area contributed by atoms with Crippen LogP contribution in [0.2, 0.25) is 0 Å². The first kappa shape index (κ1) is 14.5. The van der Waals surface area contributed by atoms with Gasteiger partial charge in [0.25, 0.3) is 0 Å². The van der Waals surface area contributed by atoms with Crippen molar-refractivity contribution >= 4 is 11.8 Å². The van der Waals surface area contributed by atoms with Crippen LogP contribution in [0.3, 0.4) is 0 Å². The van der Waals surface area contributed by atoms with Crippen molar-refractivity contribution in [3.63, 3.8) is 0 Å². The lowest BCUT2D eigenvalue weighted by atomic mass is 10.1. The van der Waals surface area contributed by atoms with Gasteiger partial charge in [-0.15, -0.1) is 0 Å². The standard InChI is InChI=1S/C15H21N3O2/c1-2-17-15(20)13-11-16-8-9-18(13)14(19)10-12-6-4-3-5-7-12/h3-7,13,16H,2,8-11H2,1H3,(H,17,20). The molecule has 5 heteroatoms. The maximum absolute atomic E-state index is 12.4. The first-order chi connectivity index (χ1) is 9.72. The van der Waals surface area contributed by atoms with Crippen LogP contribution in [0, 0.1) is 0 Å². The Balaban J connectivity index is 2.03. The molecule has 1 aromatic carbocycles. The zero-order valence-corrected chi connectivity index (χ0v) is 11.8. The molecule has 0 aliphatic carbocycles. The van der Waals surface area contributed by atoms with Crippen LogP contribution >= 0.6 is 0 Å². The molecule has 1 heterocycles.